The molecule has 0 radical (unpaired) electrons. The average Bonchev–Trinajstić information content (AvgIpc) is 3.14. The second-order valence-corrected chi connectivity index (χ2v) is 12.6. The van der Waals surface area contributed by atoms with Gasteiger partial charge in [0.25, 0.3) is 0 Å². The number of hydrogen-bond donors (Lipinski definition) is 2. The monoisotopic (exact) mass is 453 g/mol. The highest BCUT2D eigenvalue weighted by atomic mass is 32.2. The third-order valence-corrected chi connectivity index (χ3v) is 10.7. The van der Waals surface area contributed by atoms with E-state index in [1.165, 1.54) is 0 Å². The first kappa shape index (κ1) is 23.0. The number of sulfonamides is 1. The van der Waals surface area contributed by atoms with Crippen LogP contribution in [0.25, 0.3) is 0 Å². The Morgan fingerprint density at radius 1 is 1.06 bits per heavy atom. The van der Waals surface area contributed by atoms with Crippen molar-refractivity contribution < 1.29 is 18.0 Å². The van der Waals surface area contributed by atoms with E-state index in [0.29, 0.717) is 13.1 Å². The van der Waals surface area contributed by atoms with Crippen LogP contribution in [0.5, 0.6) is 0 Å². The summed E-state index contributed by atoms with van der Waals surface area (Å²) >= 11 is 0. The van der Waals surface area contributed by atoms with Gasteiger partial charge in [0.1, 0.15) is 0 Å². The first-order valence-corrected chi connectivity index (χ1v) is 13.9. The third-order valence-electron chi connectivity index (χ3n) is 8.32. The summed E-state index contributed by atoms with van der Waals surface area (Å²) in [6, 6.07) is 0.139. The maximum atomic E-state index is 13.5. The van der Waals surface area contributed by atoms with Crippen LogP contribution in [-0.2, 0) is 19.6 Å². The lowest BCUT2D eigenvalue weighted by Crippen LogP contribution is -2.51. The zero-order valence-corrected chi connectivity index (χ0v) is 19.8. The summed E-state index contributed by atoms with van der Waals surface area (Å²) in [7, 11) is -3.37. The number of nitrogens with zero attached hydrogens (tertiary/aromatic N) is 1. The molecule has 2 aliphatic heterocycles. The summed E-state index contributed by atoms with van der Waals surface area (Å²) in [5, 5.41) is 5.74. The molecular formula is C23H39N3O4S. The van der Waals surface area contributed by atoms with Crippen LogP contribution in [0.2, 0.25) is 0 Å². The van der Waals surface area contributed by atoms with Crippen LogP contribution in [0.4, 0.5) is 0 Å². The Balaban J connectivity index is 1.44. The van der Waals surface area contributed by atoms with Crippen LogP contribution in [0.3, 0.4) is 0 Å². The Kier molecular flexibility index (Phi) is 6.96. The second-order valence-electron chi connectivity index (χ2n) is 10.5. The molecule has 4 fully saturated rings. The molecule has 2 N–H and O–H groups in total. The Hall–Kier alpha value is -1.15. The van der Waals surface area contributed by atoms with Crippen molar-refractivity contribution in [3.8, 4) is 0 Å². The van der Waals surface area contributed by atoms with Crippen molar-refractivity contribution in [2.24, 2.45) is 23.7 Å². The maximum absolute atomic E-state index is 13.5. The van der Waals surface area contributed by atoms with Crippen LogP contribution < -0.4 is 10.6 Å². The van der Waals surface area contributed by atoms with E-state index in [0.717, 1.165) is 64.2 Å². The molecule has 8 heteroatoms. The van der Waals surface area contributed by atoms with Gasteiger partial charge in [0.05, 0.1) is 17.1 Å². The Morgan fingerprint density at radius 3 is 2.45 bits per heavy atom. The van der Waals surface area contributed by atoms with E-state index in [1.54, 1.807) is 4.31 Å². The summed E-state index contributed by atoms with van der Waals surface area (Å²) in [6.07, 6.45) is 9.36. The van der Waals surface area contributed by atoms with Gasteiger partial charge in [-0.1, -0.05) is 39.0 Å². The van der Waals surface area contributed by atoms with Gasteiger partial charge in [-0.15, -0.1) is 0 Å². The lowest BCUT2D eigenvalue weighted by molar-refractivity contribution is -0.130. The van der Waals surface area contributed by atoms with Gasteiger partial charge in [0, 0.05) is 25.2 Å². The molecule has 6 unspecified atom stereocenters. The zero-order chi connectivity index (χ0) is 22.2. The van der Waals surface area contributed by atoms with Crippen LogP contribution in [-0.4, -0.2) is 55.0 Å². The molecule has 2 aliphatic carbocycles. The van der Waals surface area contributed by atoms with Gasteiger partial charge < -0.3 is 10.6 Å². The first-order chi connectivity index (χ1) is 14.8. The zero-order valence-electron chi connectivity index (χ0n) is 19.0. The number of amides is 2. The molecule has 6 atom stereocenters. The van der Waals surface area contributed by atoms with E-state index < -0.39 is 10.0 Å². The number of carbonyl (C=O) groups excluding carboxylic acids is 2. The largest absolute Gasteiger partial charge is 0.355 e. The predicted molar refractivity (Wildman–Crippen MR) is 120 cm³/mol. The molecule has 0 bridgehead atoms. The highest BCUT2D eigenvalue weighted by Gasteiger charge is 2.51. The van der Waals surface area contributed by atoms with Crippen LogP contribution in [0, 0.1) is 23.7 Å². The molecule has 0 spiro atoms. The van der Waals surface area contributed by atoms with Crippen LogP contribution >= 0.6 is 0 Å². The van der Waals surface area contributed by atoms with E-state index in [4.69, 9.17) is 0 Å². The van der Waals surface area contributed by atoms with Crippen LogP contribution in [0.15, 0.2) is 0 Å². The van der Waals surface area contributed by atoms with Gasteiger partial charge in [-0.05, 0) is 50.9 Å². The minimum absolute atomic E-state index is 0.00928. The summed E-state index contributed by atoms with van der Waals surface area (Å²) in [5.41, 5.74) is 0. The number of fused-ring (bicyclic) bond motifs is 1. The predicted octanol–water partition coefficient (Wildman–Crippen LogP) is 2.42. The first-order valence-electron chi connectivity index (χ1n) is 12.4. The van der Waals surface area contributed by atoms with Crippen molar-refractivity contribution in [1.29, 1.82) is 0 Å². The highest BCUT2D eigenvalue weighted by molar-refractivity contribution is 7.89. The second kappa shape index (κ2) is 9.38. The average molecular weight is 454 g/mol. The maximum Gasteiger partial charge on any atom is 0.225 e. The SMILES string of the molecule is CC1CC(C)C(CNC(=O)C2CN(S(=O)(=O)C3CCCCC3)C3CCCCC23)C(=O)N1. The lowest BCUT2D eigenvalue weighted by Gasteiger charge is -2.34. The molecule has 0 aromatic carbocycles. The van der Waals surface area contributed by atoms with E-state index in [-0.39, 0.29) is 52.8 Å². The number of carbonyl (C=O) groups is 2. The minimum atomic E-state index is -3.37. The minimum Gasteiger partial charge on any atom is -0.355 e. The Bertz CT molecular complexity index is 780. The highest BCUT2D eigenvalue weighted by Crippen LogP contribution is 2.43. The van der Waals surface area contributed by atoms with E-state index in [1.807, 2.05) is 6.92 Å². The number of hydrogen-bond acceptors (Lipinski definition) is 4. The van der Waals surface area contributed by atoms with Gasteiger partial charge >= 0.3 is 0 Å². The lowest BCUT2D eigenvalue weighted by atomic mass is 9.79. The standard InChI is InChI=1S/C23H39N3O4S/c1-15-12-16(2)25-23(28)19(15)13-24-22(27)20-14-26(21-11-7-6-10-18(20)21)31(29,30)17-8-4-3-5-9-17/h15-21H,3-14H2,1-2H3,(H,24,27)(H,25,28). The third kappa shape index (κ3) is 4.65. The fourth-order valence-corrected chi connectivity index (χ4v) is 8.90. The van der Waals surface area contributed by atoms with Gasteiger partial charge in [0.15, 0.2) is 0 Å². The Morgan fingerprint density at radius 2 is 1.74 bits per heavy atom. The molecule has 176 valence electrons. The number of rotatable bonds is 5. The molecule has 4 aliphatic rings. The quantitative estimate of drug-likeness (QED) is 0.668. The fraction of sp³-hybridized carbons (Fsp3) is 0.913. The molecule has 31 heavy (non-hydrogen) atoms. The molecule has 2 heterocycles. The Labute approximate surface area is 187 Å². The molecule has 2 saturated heterocycles. The van der Waals surface area contributed by atoms with Crippen molar-refractivity contribution in [3.63, 3.8) is 0 Å². The molecule has 7 nitrogen and oxygen atoms in total. The summed E-state index contributed by atoms with van der Waals surface area (Å²) in [5.74, 6) is -0.259. The van der Waals surface area contributed by atoms with E-state index in [9.17, 15) is 18.0 Å². The van der Waals surface area contributed by atoms with Crippen molar-refractivity contribution in [1.82, 2.24) is 14.9 Å². The fourth-order valence-electron chi connectivity index (χ4n) is 6.58. The van der Waals surface area contributed by atoms with E-state index in [2.05, 4.69) is 17.6 Å². The summed E-state index contributed by atoms with van der Waals surface area (Å²) < 4.78 is 28.7. The van der Waals surface area contributed by atoms with E-state index >= 15 is 0 Å². The molecule has 0 aromatic rings. The smallest absolute Gasteiger partial charge is 0.225 e. The van der Waals surface area contributed by atoms with Gasteiger partial charge in [-0.3, -0.25) is 9.59 Å². The topological polar surface area (TPSA) is 95.6 Å². The van der Waals surface area contributed by atoms with Crippen molar-refractivity contribution in [2.45, 2.75) is 95.4 Å². The molecule has 0 aromatic heterocycles. The van der Waals surface area contributed by atoms with Crippen molar-refractivity contribution >= 4 is 21.8 Å². The van der Waals surface area contributed by atoms with Crippen LogP contribution in [0.1, 0.15) is 78.1 Å². The number of nitrogens with one attached hydrogen (secondary N) is 2. The van der Waals surface area contributed by atoms with Crippen molar-refractivity contribution in [2.75, 3.05) is 13.1 Å². The number of piperidine rings is 1. The van der Waals surface area contributed by atoms with Crippen molar-refractivity contribution in [3.05, 3.63) is 0 Å². The van der Waals surface area contributed by atoms with Gasteiger partial charge in [-0.25, -0.2) is 8.42 Å². The van der Waals surface area contributed by atoms with Gasteiger partial charge in [-0.2, -0.15) is 4.31 Å². The molecule has 2 saturated carbocycles. The molecule has 4 rings (SSSR count). The normalized spacial score (nSPS) is 37.8. The van der Waals surface area contributed by atoms with Gasteiger partial charge in [0.2, 0.25) is 21.8 Å². The molecule has 2 amide bonds. The molecular weight excluding hydrogens is 414 g/mol. The summed E-state index contributed by atoms with van der Waals surface area (Å²) in [6.45, 7) is 4.72. The summed E-state index contributed by atoms with van der Waals surface area (Å²) in [4.78, 5) is 25.6.